The fourth-order valence-electron chi connectivity index (χ4n) is 1.75. The van der Waals surface area contributed by atoms with Crippen molar-refractivity contribution in [3.8, 4) is 6.07 Å². The molecule has 1 amide bonds. The monoisotopic (exact) mass is 270 g/mol. The Morgan fingerprint density at radius 1 is 1.40 bits per heavy atom. The average Bonchev–Trinajstić information content (AvgIpc) is 2.85. The van der Waals surface area contributed by atoms with E-state index in [2.05, 4.69) is 10.1 Å². The summed E-state index contributed by atoms with van der Waals surface area (Å²) in [4.78, 5) is 17.4. The molecule has 2 N–H and O–H groups in total. The fourth-order valence-corrected chi connectivity index (χ4v) is 1.75. The Morgan fingerprint density at radius 2 is 2.15 bits per heavy atom. The lowest BCUT2D eigenvalue weighted by Crippen LogP contribution is -2.33. The standard InChI is InChI=1S/C13H14N6O/c14-6-7-18(8-11-4-2-1-3-5-11)12(20)9-19-10-16-13(15)17-19/h1-5,10H,7-9H2,(H2,15,17). The van der Waals surface area contributed by atoms with Crippen molar-refractivity contribution < 1.29 is 4.79 Å². The van der Waals surface area contributed by atoms with E-state index >= 15 is 0 Å². The van der Waals surface area contributed by atoms with E-state index in [-0.39, 0.29) is 24.9 Å². The summed E-state index contributed by atoms with van der Waals surface area (Å²) in [5, 5.41) is 12.7. The van der Waals surface area contributed by atoms with Crippen LogP contribution in [0.5, 0.6) is 0 Å². The second kappa shape index (κ2) is 6.33. The van der Waals surface area contributed by atoms with Crippen molar-refractivity contribution in [2.45, 2.75) is 13.1 Å². The molecule has 1 aromatic carbocycles. The predicted molar refractivity (Wildman–Crippen MR) is 71.9 cm³/mol. The van der Waals surface area contributed by atoms with Crippen molar-refractivity contribution in [3.05, 3.63) is 42.2 Å². The van der Waals surface area contributed by atoms with Gasteiger partial charge in [0.05, 0.1) is 6.07 Å². The molecule has 0 unspecified atom stereocenters. The van der Waals surface area contributed by atoms with E-state index < -0.39 is 0 Å². The Hall–Kier alpha value is -2.88. The molecule has 7 heteroatoms. The average molecular weight is 270 g/mol. The molecule has 0 spiro atoms. The number of carbonyl (C=O) groups excluding carboxylic acids is 1. The van der Waals surface area contributed by atoms with Crippen LogP contribution in [-0.4, -0.2) is 32.1 Å². The van der Waals surface area contributed by atoms with Crippen LogP contribution in [0.25, 0.3) is 0 Å². The molecule has 0 radical (unpaired) electrons. The Balaban J connectivity index is 2.04. The molecular formula is C13H14N6O. The molecule has 0 aliphatic carbocycles. The first-order valence-corrected chi connectivity index (χ1v) is 6.02. The Bertz CT molecular complexity index is 615. The molecule has 7 nitrogen and oxygen atoms in total. The van der Waals surface area contributed by atoms with Crippen LogP contribution < -0.4 is 5.73 Å². The van der Waals surface area contributed by atoms with Crippen LogP contribution in [0.4, 0.5) is 5.95 Å². The zero-order valence-electron chi connectivity index (χ0n) is 10.8. The summed E-state index contributed by atoms with van der Waals surface area (Å²) >= 11 is 0. The zero-order chi connectivity index (χ0) is 14.4. The van der Waals surface area contributed by atoms with Crippen molar-refractivity contribution >= 4 is 11.9 Å². The highest BCUT2D eigenvalue weighted by atomic mass is 16.2. The SMILES string of the molecule is N#CCN(Cc1ccccc1)C(=O)Cn1cnc(N)n1. The van der Waals surface area contributed by atoms with Gasteiger partial charge in [-0.15, -0.1) is 5.10 Å². The second-order valence-corrected chi connectivity index (χ2v) is 4.19. The quantitative estimate of drug-likeness (QED) is 0.793. The van der Waals surface area contributed by atoms with E-state index in [0.29, 0.717) is 6.54 Å². The van der Waals surface area contributed by atoms with Crippen LogP contribution in [-0.2, 0) is 17.9 Å². The normalized spacial score (nSPS) is 9.95. The second-order valence-electron chi connectivity index (χ2n) is 4.19. The van der Waals surface area contributed by atoms with E-state index in [1.165, 1.54) is 15.9 Å². The topological polar surface area (TPSA) is 101 Å². The smallest absolute Gasteiger partial charge is 0.245 e. The van der Waals surface area contributed by atoms with Crippen LogP contribution in [0.15, 0.2) is 36.7 Å². The number of hydrogen-bond donors (Lipinski definition) is 1. The van der Waals surface area contributed by atoms with Gasteiger partial charge >= 0.3 is 0 Å². The number of nitriles is 1. The molecule has 0 aliphatic heterocycles. The molecule has 0 fully saturated rings. The first-order valence-electron chi connectivity index (χ1n) is 6.02. The van der Waals surface area contributed by atoms with E-state index in [1.54, 1.807) is 0 Å². The minimum Gasteiger partial charge on any atom is -0.367 e. The summed E-state index contributed by atoms with van der Waals surface area (Å²) in [7, 11) is 0. The first-order chi connectivity index (χ1) is 9.69. The van der Waals surface area contributed by atoms with E-state index in [1.807, 2.05) is 36.4 Å². The van der Waals surface area contributed by atoms with Gasteiger partial charge in [0.1, 0.15) is 19.4 Å². The Labute approximate surface area is 116 Å². The molecule has 2 rings (SSSR count). The summed E-state index contributed by atoms with van der Waals surface area (Å²) in [6.07, 6.45) is 1.39. The molecule has 1 heterocycles. The van der Waals surface area contributed by atoms with Crippen molar-refractivity contribution in [1.29, 1.82) is 5.26 Å². The number of aromatic nitrogens is 3. The van der Waals surface area contributed by atoms with Gasteiger partial charge in [-0.25, -0.2) is 9.67 Å². The summed E-state index contributed by atoms with van der Waals surface area (Å²) in [5.41, 5.74) is 6.36. The van der Waals surface area contributed by atoms with Gasteiger partial charge in [-0.05, 0) is 5.56 Å². The van der Waals surface area contributed by atoms with Gasteiger partial charge < -0.3 is 10.6 Å². The third-order valence-corrected chi connectivity index (χ3v) is 2.68. The van der Waals surface area contributed by atoms with Gasteiger partial charge in [0.15, 0.2) is 0 Å². The van der Waals surface area contributed by atoms with Gasteiger partial charge in [-0.2, -0.15) is 5.26 Å². The van der Waals surface area contributed by atoms with Crippen molar-refractivity contribution in [1.82, 2.24) is 19.7 Å². The summed E-state index contributed by atoms with van der Waals surface area (Å²) < 4.78 is 1.35. The molecule has 0 bridgehead atoms. The third kappa shape index (κ3) is 3.55. The Morgan fingerprint density at radius 3 is 2.75 bits per heavy atom. The van der Waals surface area contributed by atoms with E-state index in [0.717, 1.165) is 5.56 Å². The molecule has 0 aliphatic rings. The predicted octanol–water partition coefficient (Wildman–Crippen LogP) is 0.413. The van der Waals surface area contributed by atoms with Gasteiger partial charge in [0, 0.05) is 6.54 Å². The summed E-state index contributed by atoms with van der Waals surface area (Å²) in [6.45, 7) is 0.425. The van der Waals surface area contributed by atoms with Crippen LogP contribution in [0.2, 0.25) is 0 Å². The fraction of sp³-hybridized carbons (Fsp3) is 0.231. The number of hydrogen-bond acceptors (Lipinski definition) is 5. The number of amides is 1. The molecule has 0 saturated heterocycles. The van der Waals surface area contributed by atoms with Crippen molar-refractivity contribution in [2.24, 2.45) is 0 Å². The van der Waals surface area contributed by atoms with Gasteiger partial charge in [0.2, 0.25) is 11.9 Å². The van der Waals surface area contributed by atoms with E-state index in [9.17, 15) is 4.79 Å². The summed E-state index contributed by atoms with van der Waals surface area (Å²) in [5.74, 6) is -0.0898. The number of rotatable bonds is 5. The number of carbonyl (C=O) groups is 1. The van der Waals surface area contributed by atoms with Gasteiger partial charge in [-0.1, -0.05) is 30.3 Å². The van der Waals surface area contributed by atoms with Crippen molar-refractivity contribution in [2.75, 3.05) is 12.3 Å². The molecule has 20 heavy (non-hydrogen) atoms. The third-order valence-electron chi connectivity index (χ3n) is 2.68. The Kier molecular flexibility index (Phi) is 4.29. The first kappa shape index (κ1) is 13.5. The molecular weight excluding hydrogens is 256 g/mol. The molecule has 2 aromatic rings. The molecule has 1 aromatic heterocycles. The lowest BCUT2D eigenvalue weighted by molar-refractivity contribution is -0.132. The van der Waals surface area contributed by atoms with Gasteiger partial charge in [-0.3, -0.25) is 4.79 Å². The van der Waals surface area contributed by atoms with Crippen LogP contribution >= 0.6 is 0 Å². The molecule has 0 saturated carbocycles. The van der Waals surface area contributed by atoms with Crippen molar-refractivity contribution in [3.63, 3.8) is 0 Å². The lowest BCUT2D eigenvalue weighted by atomic mass is 10.2. The maximum Gasteiger partial charge on any atom is 0.245 e. The highest BCUT2D eigenvalue weighted by molar-refractivity contribution is 5.76. The van der Waals surface area contributed by atoms with Crippen LogP contribution in [0, 0.1) is 11.3 Å². The van der Waals surface area contributed by atoms with Crippen LogP contribution in [0.1, 0.15) is 5.56 Å². The minimum atomic E-state index is -0.208. The number of nitrogens with two attached hydrogens (primary N) is 1. The highest BCUT2D eigenvalue weighted by Gasteiger charge is 2.14. The zero-order valence-corrected chi connectivity index (χ0v) is 10.8. The largest absolute Gasteiger partial charge is 0.367 e. The maximum absolute atomic E-state index is 12.2. The lowest BCUT2D eigenvalue weighted by Gasteiger charge is -2.19. The van der Waals surface area contributed by atoms with E-state index in [4.69, 9.17) is 11.0 Å². The number of nitrogens with zero attached hydrogens (tertiary/aromatic N) is 5. The number of nitrogen functional groups attached to an aromatic ring is 1. The molecule has 0 atom stereocenters. The molecule has 102 valence electrons. The highest BCUT2D eigenvalue weighted by Crippen LogP contribution is 2.05. The minimum absolute atomic E-state index is 0.0126. The summed E-state index contributed by atoms with van der Waals surface area (Å²) in [6, 6.07) is 11.5. The number of anilines is 1. The van der Waals surface area contributed by atoms with Crippen LogP contribution in [0.3, 0.4) is 0 Å². The van der Waals surface area contributed by atoms with Gasteiger partial charge in [0.25, 0.3) is 0 Å². The maximum atomic E-state index is 12.2. The number of benzene rings is 1.